The number of benzene rings is 1. The quantitative estimate of drug-likeness (QED) is 0.0985. The fraction of sp³-hybridized carbons (Fsp3) is 0.474. The summed E-state index contributed by atoms with van der Waals surface area (Å²) in [5.41, 5.74) is 17.1. The number of aliphatic imine (C=N–C) groups is 1. The molecule has 0 saturated heterocycles. The van der Waals surface area contributed by atoms with Crippen LogP contribution in [0.25, 0.3) is 0 Å². The van der Waals surface area contributed by atoms with Gasteiger partial charge >= 0.3 is 5.97 Å². The number of hydrogen-bond donors (Lipinski definition) is 6. The molecule has 1 unspecified atom stereocenters. The molecular formula is C19H30N6O5S. The molecule has 0 aliphatic carbocycles. The van der Waals surface area contributed by atoms with Crippen LogP contribution in [0, 0.1) is 0 Å². The minimum Gasteiger partial charge on any atom is -0.480 e. The first-order chi connectivity index (χ1) is 14.7. The number of amides is 2. The summed E-state index contributed by atoms with van der Waals surface area (Å²) in [6.07, 6.45) is 1.36. The van der Waals surface area contributed by atoms with Crippen LogP contribution in [0.15, 0.2) is 23.2 Å². The molecule has 0 fully saturated rings. The normalized spacial score (nSPS) is 11.4. The number of carboxylic acid groups (broad SMARTS) is 1. The fourth-order valence-electron chi connectivity index (χ4n) is 2.46. The third-order valence-corrected chi connectivity index (χ3v) is 5.05. The Hall–Kier alpha value is -2.99. The number of methoxy groups -OCH3 is 1. The van der Waals surface area contributed by atoms with Crippen LogP contribution in [-0.4, -0.2) is 66.7 Å². The molecule has 0 aliphatic rings. The molecule has 0 spiro atoms. The molecule has 1 aromatic carbocycles. The number of carbonyl (C=O) groups excluding carboxylic acids is 2. The molecule has 0 radical (unpaired) electrons. The SMILES string of the molecule is COCCCSCC(=O)Nc1cc(C(=O)NC(CCCN=C(N)N)C(=O)O)ccc1N. The molecule has 12 heteroatoms. The second-order valence-electron chi connectivity index (χ2n) is 6.56. The molecular weight excluding hydrogens is 424 g/mol. The van der Waals surface area contributed by atoms with E-state index >= 15 is 0 Å². The fourth-order valence-corrected chi connectivity index (χ4v) is 3.19. The Bertz CT molecular complexity index is 785. The number of anilines is 2. The van der Waals surface area contributed by atoms with Crippen molar-refractivity contribution in [3.8, 4) is 0 Å². The predicted molar refractivity (Wildman–Crippen MR) is 122 cm³/mol. The second kappa shape index (κ2) is 14.1. The number of carboxylic acids is 1. The van der Waals surface area contributed by atoms with Gasteiger partial charge in [-0.15, -0.1) is 0 Å². The lowest BCUT2D eigenvalue weighted by Gasteiger charge is -2.15. The minimum atomic E-state index is -1.17. The van der Waals surface area contributed by atoms with Gasteiger partial charge in [0, 0.05) is 25.8 Å². The van der Waals surface area contributed by atoms with Crippen LogP contribution in [0.5, 0.6) is 0 Å². The lowest BCUT2D eigenvalue weighted by molar-refractivity contribution is -0.139. The summed E-state index contributed by atoms with van der Waals surface area (Å²) in [5.74, 6) is -1.10. The molecule has 31 heavy (non-hydrogen) atoms. The molecule has 0 heterocycles. The maximum absolute atomic E-state index is 12.5. The highest BCUT2D eigenvalue weighted by Crippen LogP contribution is 2.21. The Kier molecular flexibility index (Phi) is 11.8. The molecule has 11 nitrogen and oxygen atoms in total. The van der Waals surface area contributed by atoms with Crippen LogP contribution in [0.3, 0.4) is 0 Å². The number of carbonyl (C=O) groups is 3. The first-order valence-corrected chi connectivity index (χ1v) is 10.7. The summed E-state index contributed by atoms with van der Waals surface area (Å²) in [6.45, 7) is 0.883. The van der Waals surface area contributed by atoms with E-state index in [1.54, 1.807) is 7.11 Å². The Balaban J connectivity index is 2.68. The van der Waals surface area contributed by atoms with Crippen molar-refractivity contribution in [1.82, 2.24) is 5.32 Å². The van der Waals surface area contributed by atoms with E-state index in [0.717, 1.165) is 12.2 Å². The minimum absolute atomic E-state index is 0.0827. The van der Waals surface area contributed by atoms with Gasteiger partial charge in [0.1, 0.15) is 6.04 Å². The number of thioether (sulfide) groups is 1. The Morgan fingerprint density at radius 2 is 2.00 bits per heavy atom. The molecule has 1 atom stereocenters. The number of hydrogen-bond acceptors (Lipinski definition) is 7. The van der Waals surface area contributed by atoms with Crippen LogP contribution < -0.4 is 27.8 Å². The molecule has 1 aromatic rings. The summed E-state index contributed by atoms with van der Waals surface area (Å²) in [4.78, 5) is 39.8. The highest BCUT2D eigenvalue weighted by atomic mass is 32.2. The monoisotopic (exact) mass is 454 g/mol. The van der Waals surface area contributed by atoms with Gasteiger partial charge in [-0.1, -0.05) is 0 Å². The summed E-state index contributed by atoms with van der Waals surface area (Å²) in [6, 6.07) is 3.24. The number of guanidine groups is 1. The van der Waals surface area contributed by atoms with Crippen molar-refractivity contribution >= 4 is 46.9 Å². The van der Waals surface area contributed by atoms with Crippen molar-refractivity contribution in [1.29, 1.82) is 0 Å². The second-order valence-corrected chi connectivity index (χ2v) is 7.67. The Morgan fingerprint density at radius 1 is 1.26 bits per heavy atom. The number of nitrogens with zero attached hydrogens (tertiary/aromatic N) is 1. The number of nitrogens with one attached hydrogen (secondary N) is 2. The smallest absolute Gasteiger partial charge is 0.326 e. The van der Waals surface area contributed by atoms with Crippen LogP contribution >= 0.6 is 11.8 Å². The number of nitrogen functional groups attached to an aromatic ring is 1. The molecule has 9 N–H and O–H groups in total. The van der Waals surface area contributed by atoms with Gasteiger partial charge in [0.05, 0.1) is 17.1 Å². The highest BCUT2D eigenvalue weighted by Gasteiger charge is 2.21. The predicted octanol–water partition coefficient (Wildman–Crippen LogP) is 0.214. The van der Waals surface area contributed by atoms with Gasteiger partial charge in [-0.25, -0.2) is 4.79 Å². The van der Waals surface area contributed by atoms with E-state index in [9.17, 15) is 19.5 Å². The first kappa shape index (κ1) is 26.0. The zero-order valence-electron chi connectivity index (χ0n) is 17.4. The van der Waals surface area contributed by atoms with Crippen LogP contribution in [-0.2, 0) is 14.3 Å². The maximum Gasteiger partial charge on any atom is 0.326 e. The zero-order valence-corrected chi connectivity index (χ0v) is 18.2. The van der Waals surface area contributed by atoms with Gasteiger partial charge in [0.2, 0.25) is 5.91 Å². The largest absolute Gasteiger partial charge is 0.480 e. The van der Waals surface area contributed by atoms with E-state index in [-0.39, 0.29) is 41.8 Å². The van der Waals surface area contributed by atoms with Crippen molar-refractivity contribution in [3.05, 3.63) is 23.8 Å². The summed E-state index contributed by atoms with van der Waals surface area (Å²) in [7, 11) is 1.62. The van der Waals surface area contributed by atoms with Gasteiger partial charge in [0.25, 0.3) is 5.91 Å². The van der Waals surface area contributed by atoms with E-state index in [1.807, 2.05) is 0 Å². The molecule has 0 bridgehead atoms. The molecule has 1 rings (SSSR count). The Morgan fingerprint density at radius 3 is 2.65 bits per heavy atom. The third kappa shape index (κ3) is 10.6. The van der Waals surface area contributed by atoms with Crippen molar-refractivity contribution in [2.45, 2.75) is 25.3 Å². The van der Waals surface area contributed by atoms with Crippen molar-refractivity contribution in [3.63, 3.8) is 0 Å². The van der Waals surface area contributed by atoms with Gasteiger partial charge in [-0.2, -0.15) is 11.8 Å². The van der Waals surface area contributed by atoms with Gasteiger partial charge in [-0.05, 0) is 43.2 Å². The third-order valence-electron chi connectivity index (χ3n) is 4.01. The van der Waals surface area contributed by atoms with E-state index < -0.39 is 17.9 Å². The van der Waals surface area contributed by atoms with Crippen LogP contribution in [0.2, 0.25) is 0 Å². The van der Waals surface area contributed by atoms with Crippen molar-refractivity contribution < 1.29 is 24.2 Å². The molecule has 2 amide bonds. The van der Waals surface area contributed by atoms with Crippen LogP contribution in [0.1, 0.15) is 29.6 Å². The standard InChI is InChI=1S/C19H30N6O5S/c1-30-8-3-9-31-11-16(26)24-15-10-12(5-6-13(15)20)17(27)25-14(18(28)29)4-2-7-23-19(21)22/h5-6,10,14H,2-4,7-9,11,20H2,1H3,(H,24,26)(H,25,27)(H,28,29)(H4,21,22,23). The number of nitrogens with two attached hydrogens (primary N) is 3. The average Bonchev–Trinajstić information content (AvgIpc) is 2.71. The summed E-state index contributed by atoms with van der Waals surface area (Å²) < 4.78 is 4.95. The zero-order chi connectivity index (χ0) is 23.2. The molecule has 172 valence electrons. The van der Waals surface area contributed by atoms with E-state index in [2.05, 4.69) is 15.6 Å². The van der Waals surface area contributed by atoms with E-state index in [1.165, 1.54) is 30.0 Å². The van der Waals surface area contributed by atoms with Crippen LogP contribution in [0.4, 0.5) is 11.4 Å². The number of aliphatic carboxylic acids is 1. The molecule has 0 aromatic heterocycles. The highest BCUT2D eigenvalue weighted by molar-refractivity contribution is 7.99. The van der Waals surface area contributed by atoms with Gasteiger partial charge in [0.15, 0.2) is 5.96 Å². The summed E-state index contributed by atoms with van der Waals surface area (Å²) >= 11 is 1.46. The number of ether oxygens (including phenoxy) is 1. The van der Waals surface area contributed by atoms with E-state index in [4.69, 9.17) is 21.9 Å². The van der Waals surface area contributed by atoms with E-state index in [0.29, 0.717) is 18.7 Å². The lowest BCUT2D eigenvalue weighted by atomic mass is 10.1. The maximum atomic E-state index is 12.5. The Labute approximate surface area is 185 Å². The van der Waals surface area contributed by atoms with Crippen molar-refractivity contribution in [2.24, 2.45) is 16.5 Å². The average molecular weight is 455 g/mol. The number of rotatable bonds is 14. The topological polar surface area (TPSA) is 195 Å². The molecule has 0 aliphatic heterocycles. The first-order valence-electron chi connectivity index (χ1n) is 9.59. The van der Waals surface area contributed by atoms with Crippen molar-refractivity contribution in [2.75, 3.05) is 42.8 Å². The van der Waals surface area contributed by atoms with Gasteiger partial charge < -0.3 is 37.7 Å². The molecule has 0 saturated carbocycles. The summed E-state index contributed by atoms with van der Waals surface area (Å²) in [5, 5.41) is 14.5. The lowest BCUT2D eigenvalue weighted by Crippen LogP contribution is -2.41. The van der Waals surface area contributed by atoms with Gasteiger partial charge in [-0.3, -0.25) is 14.6 Å².